The summed E-state index contributed by atoms with van der Waals surface area (Å²) in [7, 11) is 0. The van der Waals surface area contributed by atoms with E-state index in [0.717, 1.165) is 11.3 Å². The van der Waals surface area contributed by atoms with E-state index in [2.05, 4.69) is 0 Å². The lowest BCUT2D eigenvalue weighted by atomic mass is 10.1. The van der Waals surface area contributed by atoms with Crippen LogP contribution >= 0.6 is 11.3 Å². The van der Waals surface area contributed by atoms with Crippen molar-refractivity contribution < 1.29 is 24.5 Å². The van der Waals surface area contributed by atoms with Crippen molar-refractivity contribution in [1.82, 2.24) is 0 Å². The molecule has 0 saturated carbocycles. The summed E-state index contributed by atoms with van der Waals surface area (Å²) in [5.74, 6) is -2.16. The minimum atomic E-state index is -1.36. The number of thiophene rings is 1. The summed E-state index contributed by atoms with van der Waals surface area (Å²) in [6.45, 7) is 2.80. The summed E-state index contributed by atoms with van der Waals surface area (Å²) in [6.07, 6.45) is 0. The van der Waals surface area contributed by atoms with Gasteiger partial charge >= 0.3 is 11.9 Å². The molecule has 6 heteroatoms. The third-order valence-electron chi connectivity index (χ3n) is 1.66. The summed E-state index contributed by atoms with van der Waals surface area (Å²) >= 11 is 0.900. The van der Waals surface area contributed by atoms with Gasteiger partial charge in [-0.05, 0) is 26.0 Å². The van der Waals surface area contributed by atoms with Crippen LogP contribution in [0.4, 0.5) is 0 Å². The van der Waals surface area contributed by atoms with E-state index in [4.69, 9.17) is 14.9 Å². The topological polar surface area (TPSA) is 83.8 Å². The molecular weight excluding hydrogens is 220 g/mol. The fraction of sp³-hybridized carbons (Fsp3) is 0.333. The highest BCUT2D eigenvalue weighted by atomic mass is 32.1. The molecule has 0 saturated heterocycles. The average molecular weight is 230 g/mol. The Balaban J connectivity index is 2.82. The van der Waals surface area contributed by atoms with Crippen LogP contribution in [0.25, 0.3) is 0 Å². The van der Waals surface area contributed by atoms with Crippen LogP contribution in [-0.4, -0.2) is 27.8 Å². The van der Waals surface area contributed by atoms with E-state index in [1.54, 1.807) is 0 Å². The number of carboxylic acid groups (broad SMARTS) is 2. The first kappa shape index (κ1) is 11.5. The second kappa shape index (κ2) is 3.90. The Labute approximate surface area is 89.9 Å². The fourth-order valence-corrected chi connectivity index (χ4v) is 1.61. The Morgan fingerprint density at radius 3 is 2.33 bits per heavy atom. The van der Waals surface area contributed by atoms with Crippen molar-refractivity contribution in [3.8, 4) is 5.06 Å². The zero-order valence-electron chi connectivity index (χ0n) is 8.18. The number of aliphatic carboxylic acids is 1. The summed E-state index contributed by atoms with van der Waals surface area (Å²) in [5, 5.41) is 17.7. The third-order valence-corrected chi connectivity index (χ3v) is 2.61. The summed E-state index contributed by atoms with van der Waals surface area (Å²) in [6, 6.07) is 2.82. The van der Waals surface area contributed by atoms with Gasteiger partial charge in [0.1, 0.15) is 4.88 Å². The van der Waals surface area contributed by atoms with Crippen LogP contribution in [0.1, 0.15) is 23.5 Å². The molecule has 0 unspecified atom stereocenters. The van der Waals surface area contributed by atoms with Crippen molar-refractivity contribution in [2.24, 2.45) is 0 Å². The van der Waals surface area contributed by atoms with Crippen LogP contribution in [0, 0.1) is 0 Å². The first-order chi connectivity index (χ1) is 6.83. The van der Waals surface area contributed by atoms with Gasteiger partial charge in [-0.3, -0.25) is 0 Å². The van der Waals surface area contributed by atoms with Crippen LogP contribution in [-0.2, 0) is 4.79 Å². The molecule has 1 aromatic heterocycles. The van der Waals surface area contributed by atoms with Crippen molar-refractivity contribution in [1.29, 1.82) is 0 Å². The Hall–Kier alpha value is -1.56. The summed E-state index contributed by atoms with van der Waals surface area (Å²) in [5.41, 5.74) is -1.36. The van der Waals surface area contributed by atoms with Crippen LogP contribution in [0.2, 0.25) is 0 Å². The van der Waals surface area contributed by atoms with Gasteiger partial charge < -0.3 is 14.9 Å². The minimum Gasteiger partial charge on any atom is -0.478 e. The van der Waals surface area contributed by atoms with E-state index in [1.165, 1.54) is 26.0 Å². The largest absolute Gasteiger partial charge is 0.478 e. The molecule has 0 aromatic carbocycles. The minimum absolute atomic E-state index is 0.117. The molecule has 0 fully saturated rings. The van der Waals surface area contributed by atoms with Crippen molar-refractivity contribution in [2.45, 2.75) is 19.4 Å². The third kappa shape index (κ3) is 2.69. The molecule has 15 heavy (non-hydrogen) atoms. The number of carbonyl (C=O) groups is 2. The molecule has 0 amide bonds. The molecule has 0 radical (unpaired) electrons. The maximum Gasteiger partial charge on any atom is 0.347 e. The lowest BCUT2D eigenvalue weighted by molar-refractivity contribution is -0.151. The maximum atomic E-state index is 10.7. The van der Waals surface area contributed by atoms with E-state index in [-0.39, 0.29) is 9.94 Å². The number of hydrogen-bond acceptors (Lipinski definition) is 4. The number of hydrogen-bond donors (Lipinski definition) is 2. The predicted octanol–water partition coefficient (Wildman–Crippen LogP) is 1.69. The highest BCUT2D eigenvalue weighted by Gasteiger charge is 2.30. The monoisotopic (exact) mass is 230 g/mol. The molecule has 0 aliphatic carbocycles. The van der Waals surface area contributed by atoms with Gasteiger partial charge in [0.2, 0.25) is 5.60 Å². The fourth-order valence-electron chi connectivity index (χ4n) is 0.785. The van der Waals surface area contributed by atoms with Gasteiger partial charge in [-0.25, -0.2) is 9.59 Å². The molecule has 1 heterocycles. The van der Waals surface area contributed by atoms with Crippen molar-refractivity contribution in [3.63, 3.8) is 0 Å². The molecule has 0 spiro atoms. The first-order valence-electron chi connectivity index (χ1n) is 4.08. The van der Waals surface area contributed by atoms with E-state index in [0.29, 0.717) is 0 Å². The molecule has 0 aliphatic rings. The molecule has 1 rings (SSSR count). The van der Waals surface area contributed by atoms with Gasteiger partial charge in [0, 0.05) is 0 Å². The lowest BCUT2D eigenvalue weighted by Gasteiger charge is -2.19. The molecule has 82 valence electrons. The van der Waals surface area contributed by atoms with Gasteiger partial charge in [-0.15, -0.1) is 0 Å². The molecule has 5 nitrogen and oxygen atoms in total. The van der Waals surface area contributed by atoms with E-state index in [9.17, 15) is 9.59 Å². The quantitative estimate of drug-likeness (QED) is 0.822. The van der Waals surface area contributed by atoms with Gasteiger partial charge in [-0.1, -0.05) is 11.3 Å². The molecule has 0 aliphatic heterocycles. The molecule has 0 atom stereocenters. The van der Waals surface area contributed by atoms with Gasteiger partial charge in [0.25, 0.3) is 0 Å². The van der Waals surface area contributed by atoms with Gasteiger partial charge in [0.15, 0.2) is 5.06 Å². The number of rotatable bonds is 4. The normalized spacial score (nSPS) is 11.1. The van der Waals surface area contributed by atoms with E-state index >= 15 is 0 Å². The first-order valence-corrected chi connectivity index (χ1v) is 4.90. The SMILES string of the molecule is CC(C)(Oc1ccc(C(=O)O)s1)C(=O)O. The molecule has 2 N–H and O–H groups in total. The highest BCUT2D eigenvalue weighted by molar-refractivity contribution is 7.15. The van der Waals surface area contributed by atoms with Crippen LogP contribution in [0.15, 0.2) is 12.1 Å². The Kier molecular flexibility index (Phi) is 2.99. The standard InChI is InChI=1S/C9H10O5S/c1-9(2,8(12)13)14-6-4-3-5(15-6)7(10)11/h3-4H,1-2H3,(H,10,11)(H,12,13). The van der Waals surface area contributed by atoms with E-state index in [1.807, 2.05) is 0 Å². The zero-order chi connectivity index (χ0) is 11.6. The second-order valence-electron chi connectivity index (χ2n) is 3.34. The Morgan fingerprint density at radius 1 is 1.33 bits per heavy atom. The molecular formula is C9H10O5S. The van der Waals surface area contributed by atoms with Gasteiger partial charge in [-0.2, -0.15) is 0 Å². The van der Waals surface area contributed by atoms with Crippen molar-refractivity contribution >= 4 is 23.3 Å². The zero-order valence-corrected chi connectivity index (χ0v) is 9.00. The predicted molar refractivity (Wildman–Crippen MR) is 53.6 cm³/mol. The number of ether oxygens (including phenoxy) is 1. The van der Waals surface area contributed by atoms with Crippen LogP contribution < -0.4 is 4.74 Å². The number of aromatic carboxylic acids is 1. The summed E-state index contributed by atoms with van der Waals surface area (Å²) in [4.78, 5) is 21.4. The Morgan fingerprint density at radius 2 is 1.93 bits per heavy atom. The van der Waals surface area contributed by atoms with Crippen molar-refractivity contribution in [2.75, 3.05) is 0 Å². The second-order valence-corrected chi connectivity index (χ2v) is 4.39. The number of carboxylic acids is 2. The maximum absolute atomic E-state index is 10.7. The smallest absolute Gasteiger partial charge is 0.347 e. The molecule has 0 bridgehead atoms. The highest BCUT2D eigenvalue weighted by Crippen LogP contribution is 2.28. The average Bonchev–Trinajstić information content (AvgIpc) is 2.51. The van der Waals surface area contributed by atoms with Crippen LogP contribution in [0.3, 0.4) is 0 Å². The molecule has 1 aromatic rings. The van der Waals surface area contributed by atoms with Gasteiger partial charge in [0.05, 0.1) is 0 Å². The van der Waals surface area contributed by atoms with E-state index < -0.39 is 17.5 Å². The summed E-state index contributed by atoms with van der Waals surface area (Å²) < 4.78 is 5.15. The van der Waals surface area contributed by atoms with Crippen molar-refractivity contribution in [3.05, 3.63) is 17.0 Å². The Bertz CT molecular complexity index is 393. The van der Waals surface area contributed by atoms with Crippen LogP contribution in [0.5, 0.6) is 5.06 Å². The lowest BCUT2D eigenvalue weighted by Crippen LogP contribution is -2.37.